The maximum atomic E-state index is 12.3. The van der Waals surface area contributed by atoms with E-state index in [4.69, 9.17) is 4.74 Å². The molecule has 7 heteroatoms. The van der Waals surface area contributed by atoms with E-state index in [-0.39, 0.29) is 23.3 Å². The number of nitrogens with zero attached hydrogens (tertiary/aromatic N) is 1. The number of H-pyrrole nitrogens is 1. The van der Waals surface area contributed by atoms with Gasteiger partial charge in [-0.15, -0.1) is 0 Å². The maximum Gasteiger partial charge on any atom is 0.310 e. The van der Waals surface area contributed by atoms with E-state index < -0.39 is 10.0 Å². The number of rotatable bonds is 4. The van der Waals surface area contributed by atoms with Crippen LogP contribution in [-0.2, 0) is 19.6 Å². The van der Waals surface area contributed by atoms with Gasteiger partial charge in [0.1, 0.15) is 0 Å². The fraction of sp³-hybridized carbons (Fsp3) is 0.583. The first-order valence-corrected chi connectivity index (χ1v) is 7.79. The molecule has 2 heterocycles. The van der Waals surface area contributed by atoms with Gasteiger partial charge in [0, 0.05) is 25.5 Å². The molecule has 1 aliphatic rings. The summed E-state index contributed by atoms with van der Waals surface area (Å²) < 4.78 is 31.0. The quantitative estimate of drug-likeness (QED) is 0.837. The van der Waals surface area contributed by atoms with E-state index in [1.54, 1.807) is 13.1 Å². The number of aromatic amines is 1. The lowest BCUT2D eigenvalue weighted by molar-refractivity contribution is -0.149. The first-order chi connectivity index (χ1) is 9.05. The molecule has 0 aliphatic carbocycles. The largest absolute Gasteiger partial charge is 0.466 e. The highest BCUT2D eigenvalue weighted by molar-refractivity contribution is 7.89. The Labute approximate surface area is 112 Å². The zero-order chi connectivity index (χ0) is 13.9. The van der Waals surface area contributed by atoms with Crippen LogP contribution in [0.2, 0.25) is 0 Å². The Kier molecular flexibility index (Phi) is 4.26. The Bertz CT molecular complexity index is 524. The molecule has 1 aromatic heterocycles. The smallest absolute Gasteiger partial charge is 0.310 e. The van der Waals surface area contributed by atoms with E-state index in [9.17, 15) is 13.2 Å². The van der Waals surface area contributed by atoms with Crippen LogP contribution in [0, 0.1) is 5.92 Å². The molecule has 1 fully saturated rings. The highest BCUT2D eigenvalue weighted by atomic mass is 32.2. The number of piperidine rings is 1. The Hall–Kier alpha value is -1.34. The number of sulfonamides is 1. The first-order valence-electron chi connectivity index (χ1n) is 6.35. The van der Waals surface area contributed by atoms with Crippen molar-refractivity contribution in [3.63, 3.8) is 0 Å². The van der Waals surface area contributed by atoms with Gasteiger partial charge in [0.05, 0.1) is 17.4 Å². The Morgan fingerprint density at radius 2 is 2.37 bits per heavy atom. The summed E-state index contributed by atoms with van der Waals surface area (Å²) in [4.78, 5) is 14.7. The minimum absolute atomic E-state index is 0.201. The average Bonchev–Trinajstić information content (AvgIpc) is 2.94. The standard InChI is InChI=1S/C12H18N2O4S/c1-2-18-12(15)10-4-3-7-14(9-10)19(16,17)11-5-6-13-8-11/h5-6,8,10,13H,2-4,7,9H2,1H3/t10-/m1/s1. The summed E-state index contributed by atoms with van der Waals surface area (Å²) in [5, 5.41) is 0. The van der Waals surface area contributed by atoms with Gasteiger partial charge in [0.15, 0.2) is 0 Å². The summed E-state index contributed by atoms with van der Waals surface area (Å²) in [5.74, 6) is -0.668. The van der Waals surface area contributed by atoms with Crippen molar-refractivity contribution in [1.29, 1.82) is 0 Å². The minimum atomic E-state index is -3.51. The molecule has 1 aromatic rings. The molecule has 0 aromatic carbocycles. The molecule has 1 N–H and O–H groups in total. The third-order valence-electron chi connectivity index (χ3n) is 3.21. The number of aromatic nitrogens is 1. The van der Waals surface area contributed by atoms with E-state index in [1.807, 2.05) is 0 Å². The van der Waals surface area contributed by atoms with Crippen LogP contribution in [0.4, 0.5) is 0 Å². The third kappa shape index (κ3) is 2.98. The number of carbonyl (C=O) groups excluding carboxylic acids is 1. The first kappa shape index (κ1) is 14.1. The van der Waals surface area contributed by atoms with Crippen molar-refractivity contribution in [1.82, 2.24) is 9.29 Å². The van der Waals surface area contributed by atoms with Gasteiger partial charge in [-0.05, 0) is 25.8 Å². The Morgan fingerprint density at radius 3 is 3.00 bits per heavy atom. The molecule has 19 heavy (non-hydrogen) atoms. The molecule has 6 nitrogen and oxygen atoms in total. The van der Waals surface area contributed by atoms with Gasteiger partial charge in [-0.3, -0.25) is 4.79 Å². The number of ether oxygens (including phenoxy) is 1. The molecule has 0 unspecified atom stereocenters. The fourth-order valence-electron chi connectivity index (χ4n) is 2.23. The van der Waals surface area contributed by atoms with E-state index in [1.165, 1.54) is 16.6 Å². The monoisotopic (exact) mass is 286 g/mol. The molecule has 106 valence electrons. The van der Waals surface area contributed by atoms with Crippen LogP contribution >= 0.6 is 0 Å². The van der Waals surface area contributed by atoms with Crippen LogP contribution in [0.1, 0.15) is 19.8 Å². The van der Waals surface area contributed by atoms with Crippen molar-refractivity contribution in [3.05, 3.63) is 18.5 Å². The second-order valence-electron chi connectivity index (χ2n) is 4.50. The van der Waals surface area contributed by atoms with Gasteiger partial charge in [0.25, 0.3) is 0 Å². The molecule has 0 bridgehead atoms. The number of hydrogen-bond donors (Lipinski definition) is 1. The second-order valence-corrected chi connectivity index (χ2v) is 6.44. The summed E-state index contributed by atoms with van der Waals surface area (Å²) in [6.07, 6.45) is 4.37. The molecule has 0 radical (unpaired) electrons. The molecule has 0 saturated carbocycles. The molecule has 0 amide bonds. The van der Waals surface area contributed by atoms with Crippen molar-refractivity contribution >= 4 is 16.0 Å². The van der Waals surface area contributed by atoms with Gasteiger partial charge in [-0.25, -0.2) is 8.42 Å². The fourth-order valence-corrected chi connectivity index (χ4v) is 3.73. The second kappa shape index (κ2) is 5.75. The molecular formula is C12H18N2O4S. The predicted octanol–water partition coefficient (Wildman–Crippen LogP) is 0.978. The molecular weight excluding hydrogens is 268 g/mol. The molecule has 1 saturated heterocycles. The summed E-state index contributed by atoms with van der Waals surface area (Å²) in [5.41, 5.74) is 0. The van der Waals surface area contributed by atoms with E-state index in [0.717, 1.165) is 0 Å². The van der Waals surface area contributed by atoms with Crippen LogP contribution in [0.15, 0.2) is 23.4 Å². The third-order valence-corrected chi connectivity index (χ3v) is 5.07. The number of nitrogens with one attached hydrogen (secondary N) is 1. The SMILES string of the molecule is CCOC(=O)[C@@H]1CCCN(S(=O)(=O)c2cc[nH]c2)C1. The molecule has 1 atom stereocenters. The van der Waals surface area contributed by atoms with Crippen molar-refractivity contribution in [2.45, 2.75) is 24.7 Å². The van der Waals surface area contributed by atoms with Crippen molar-refractivity contribution in [3.8, 4) is 0 Å². The Morgan fingerprint density at radius 1 is 1.58 bits per heavy atom. The van der Waals surface area contributed by atoms with Crippen LogP contribution in [0.5, 0.6) is 0 Å². The average molecular weight is 286 g/mol. The van der Waals surface area contributed by atoms with Crippen molar-refractivity contribution in [2.24, 2.45) is 5.92 Å². The van der Waals surface area contributed by atoms with E-state index >= 15 is 0 Å². The van der Waals surface area contributed by atoms with Crippen LogP contribution in [-0.4, -0.2) is 43.4 Å². The maximum absolute atomic E-state index is 12.3. The predicted molar refractivity (Wildman–Crippen MR) is 68.9 cm³/mol. The van der Waals surface area contributed by atoms with Crippen molar-refractivity contribution in [2.75, 3.05) is 19.7 Å². The van der Waals surface area contributed by atoms with Gasteiger partial charge in [0.2, 0.25) is 10.0 Å². The normalized spacial score (nSPS) is 21.2. The zero-order valence-corrected chi connectivity index (χ0v) is 11.6. The zero-order valence-electron chi connectivity index (χ0n) is 10.8. The van der Waals surface area contributed by atoms with E-state index in [0.29, 0.717) is 26.0 Å². The summed E-state index contributed by atoms with van der Waals surface area (Å²) in [6.45, 7) is 2.71. The van der Waals surface area contributed by atoms with E-state index in [2.05, 4.69) is 4.98 Å². The van der Waals surface area contributed by atoms with Crippen LogP contribution in [0.3, 0.4) is 0 Å². The lowest BCUT2D eigenvalue weighted by Gasteiger charge is -2.30. The van der Waals surface area contributed by atoms with Gasteiger partial charge in [-0.1, -0.05) is 0 Å². The van der Waals surface area contributed by atoms with Crippen LogP contribution < -0.4 is 0 Å². The minimum Gasteiger partial charge on any atom is -0.466 e. The highest BCUT2D eigenvalue weighted by Crippen LogP contribution is 2.24. The van der Waals surface area contributed by atoms with Gasteiger partial charge >= 0.3 is 5.97 Å². The molecule has 0 spiro atoms. The van der Waals surface area contributed by atoms with Crippen molar-refractivity contribution < 1.29 is 17.9 Å². The Balaban J connectivity index is 2.11. The topological polar surface area (TPSA) is 79.5 Å². The summed E-state index contributed by atoms with van der Waals surface area (Å²) >= 11 is 0. The number of carbonyl (C=O) groups is 1. The number of esters is 1. The van der Waals surface area contributed by atoms with Gasteiger partial charge in [-0.2, -0.15) is 4.31 Å². The summed E-state index contributed by atoms with van der Waals surface area (Å²) in [6, 6.07) is 1.52. The highest BCUT2D eigenvalue weighted by Gasteiger charge is 2.34. The van der Waals surface area contributed by atoms with Gasteiger partial charge < -0.3 is 9.72 Å². The molecule has 2 rings (SSSR count). The lowest BCUT2D eigenvalue weighted by atomic mass is 10.0. The number of hydrogen-bond acceptors (Lipinski definition) is 4. The van der Waals surface area contributed by atoms with Crippen LogP contribution in [0.25, 0.3) is 0 Å². The molecule has 1 aliphatic heterocycles. The lowest BCUT2D eigenvalue weighted by Crippen LogP contribution is -2.42. The summed E-state index contributed by atoms with van der Waals surface area (Å²) in [7, 11) is -3.51.